The van der Waals surface area contributed by atoms with Gasteiger partial charge in [-0.15, -0.1) is 0 Å². The summed E-state index contributed by atoms with van der Waals surface area (Å²) in [5.74, 6) is 2.66. The topological polar surface area (TPSA) is 66.5 Å². The van der Waals surface area contributed by atoms with E-state index in [0.717, 1.165) is 21.1 Å². The largest absolute Gasteiger partial charge is 0.407 e. The number of H-pyrrole nitrogens is 1. The molecule has 0 bridgehead atoms. The van der Waals surface area contributed by atoms with E-state index in [4.69, 9.17) is 4.74 Å². The van der Waals surface area contributed by atoms with Crippen LogP contribution in [0.1, 0.15) is 29.9 Å². The predicted molar refractivity (Wildman–Crippen MR) is 106 cm³/mol. The third-order valence-corrected chi connectivity index (χ3v) is 4.19. The number of halogens is 1. The summed E-state index contributed by atoms with van der Waals surface area (Å²) >= 11 is 3.46. The van der Waals surface area contributed by atoms with Crippen molar-refractivity contribution in [3.8, 4) is 17.8 Å². The summed E-state index contributed by atoms with van der Waals surface area (Å²) in [6, 6.07) is 14.8. The molecule has 1 amide bonds. The molecule has 3 aromatic rings. The second-order valence-electron chi connectivity index (χ2n) is 5.50. The normalized spacial score (nSPS) is 11.0. The Bertz CT molecular complexity index is 1060. The van der Waals surface area contributed by atoms with Crippen LogP contribution in [-0.2, 0) is 0 Å². The molecule has 0 unspecified atom stereocenters. The molecule has 0 aliphatic rings. The lowest BCUT2D eigenvalue weighted by molar-refractivity contribution is 0.0952. The molecule has 1 heterocycles. The summed E-state index contributed by atoms with van der Waals surface area (Å²) in [6.45, 7) is 3.49. The standard InChI is InChI=1S/C20H16BrN3O2/c1-3-10-26-19-7-5-4-6-16(19)20(25)24-23-13(2)18-12-14-11-15(21)8-9-17(14)22-18/h4-9,11-12,22H,1-2H3,(H,24,25)/b23-13+. The van der Waals surface area contributed by atoms with Crippen molar-refractivity contribution in [1.82, 2.24) is 10.4 Å². The van der Waals surface area contributed by atoms with E-state index in [1.807, 2.05) is 31.2 Å². The van der Waals surface area contributed by atoms with E-state index in [-0.39, 0.29) is 5.91 Å². The molecule has 0 radical (unpaired) electrons. The lowest BCUT2D eigenvalue weighted by atomic mass is 10.2. The maximum atomic E-state index is 12.4. The van der Waals surface area contributed by atoms with Gasteiger partial charge >= 0.3 is 0 Å². The fourth-order valence-electron chi connectivity index (χ4n) is 2.40. The second kappa shape index (κ2) is 7.89. The first-order valence-corrected chi connectivity index (χ1v) is 8.68. The number of hydrazone groups is 1. The van der Waals surface area contributed by atoms with Gasteiger partial charge in [0.1, 0.15) is 6.11 Å². The highest BCUT2D eigenvalue weighted by Crippen LogP contribution is 2.21. The molecule has 3 rings (SSSR count). The summed E-state index contributed by atoms with van der Waals surface area (Å²) in [5.41, 5.74) is 5.43. The lowest BCUT2D eigenvalue weighted by Gasteiger charge is -2.05. The Morgan fingerprint density at radius 1 is 1.23 bits per heavy atom. The van der Waals surface area contributed by atoms with Crippen LogP contribution in [0.15, 0.2) is 58.1 Å². The number of nitrogens with one attached hydrogen (secondary N) is 2. The van der Waals surface area contributed by atoms with E-state index in [0.29, 0.717) is 17.0 Å². The smallest absolute Gasteiger partial charge is 0.275 e. The summed E-state index contributed by atoms with van der Waals surface area (Å²) in [5, 5.41) is 5.25. The number of amides is 1. The van der Waals surface area contributed by atoms with E-state index in [1.54, 1.807) is 31.2 Å². The molecule has 1 aromatic heterocycles. The van der Waals surface area contributed by atoms with Crippen LogP contribution in [0.4, 0.5) is 0 Å². The summed E-state index contributed by atoms with van der Waals surface area (Å²) in [7, 11) is 0. The number of benzene rings is 2. The van der Waals surface area contributed by atoms with Gasteiger partial charge in [-0.3, -0.25) is 4.79 Å². The van der Waals surface area contributed by atoms with Crippen LogP contribution < -0.4 is 10.2 Å². The van der Waals surface area contributed by atoms with Gasteiger partial charge in [0.05, 0.1) is 17.0 Å². The van der Waals surface area contributed by atoms with Crippen LogP contribution >= 0.6 is 15.9 Å². The third kappa shape index (κ3) is 3.95. The Kier molecular flexibility index (Phi) is 5.40. The highest BCUT2D eigenvalue weighted by atomic mass is 79.9. The Labute approximate surface area is 159 Å². The van der Waals surface area contributed by atoms with E-state index in [1.165, 1.54) is 0 Å². The van der Waals surface area contributed by atoms with E-state index in [2.05, 4.69) is 43.5 Å². The maximum Gasteiger partial charge on any atom is 0.275 e. The molecule has 2 N–H and O–H groups in total. The number of para-hydroxylation sites is 1. The van der Waals surface area contributed by atoms with Crippen LogP contribution in [0.3, 0.4) is 0 Å². The fraction of sp³-hybridized carbons (Fsp3) is 0.100. The number of rotatable bonds is 4. The lowest BCUT2D eigenvalue weighted by Crippen LogP contribution is -2.20. The first-order valence-electron chi connectivity index (χ1n) is 7.89. The van der Waals surface area contributed by atoms with Gasteiger partial charge in [-0.05, 0) is 43.3 Å². The minimum Gasteiger partial charge on any atom is -0.407 e. The van der Waals surface area contributed by atoms with Crippen molar-refractivity contribution in [2.24, 2.45) is 5.10 Å². The number of hydrogen-bond acceptors (Lipinski definition) is 3. The van der Waals surface area contributed by atoms with Crippen molar-refractivity contribution in [2.75, 3.05) is 0 Å². The number of aromatic amines is 1. The van der Waals surface area contributed by atoms with Crippen LogP contribution in [0.2, 0.25) is 0 Å². The second-order valence-corrected chi connectivity index (χ2v) is 6.42. The number of fused-ring (bicyclic) bond motifs is 1. The van der Waals surface area contributed by atoms with Gasteiger partial charge in [0.2, 0.25) is 0 Å². The van der Waals surface area contributed by atoms with Gasteiger partial charge in [-0.1, -0.05) is 34.0 Å². The highest BCUT2D eigenvalue weighted by molar-refractivity contribution is 9.10. The van der Waals surface area contributed by atoms with Crippen LogP contribution in [0.25, 0.3) is 10.9 Å². The van der Waals surface area contributed by atoms with E-state index in [9.17, 15) is 4.79 Å². The Morgan fingerprint density at radius 2 is 2.04 bits per heavy atom. The van der Waals surface area contributed by atoms with Crippen LogP contribution in [0.5, 0.6) is 5.75 Å². The third-order valence-electron chi connectivity index (χ3n) is 3.69. The van der Waals surface area contributed by atoms with Gasteiger partial charge in [-0.2, -0.15) is 5.10 Å². The molecule has 26 heavy (non-hydrogen) atoms. The van der Waals surface area contributed by atoms with Crippen molar-refractivity contribution < 1.29 is 9.53 Å². The number of nitrogens with zero attached hydrogens (tertiary/aromatic N) is 1. The van der Waals surface area contributed by atoms with Crippen molar-refractivity contribution in [3.63, 3.8) is 0 Å². The minimum absolute atomic E-state index is 0.364. The monoisotopic (exact) mass is 409 g/mol. The quantitative estimate of drug-likeness (QED) is 0.379. The van der Waals surface area contributed by atoms with Crippen LogP contribution in [0, 0.1) is 12.0 Å². The number of carbonyl (C=O) groups is 1. The molecule has 0 fully saturated rings. The first-order chi connectivity index (χ1) is 12.6. The average Bonchev–Trinajstić information content (AvgIpc) is 3.07. The number of aromatic nitrogens is 1. The number of hydrogen-bond donors (Lipinski definition) is 2. The highest BCUT2D eigenvalue weighted by Gasteiger charge is 2.12. The van der Waals surface area contributed by atoms with Crippen molar-refractivity contribution in [1.29, 1.82) is 0 Å². The van der Waals surface area contributed by atoms with Gasteiger partial charge in [0.15, 0.2) is 5.75 Å². The number of ether oxygens (including phenoxy) is 1. The molecule has 5 nitrogen and oxygen atoms in total. The molecule has 0 aliphatic heterocycles. The SMILES string of the molecule is CC#COc1ccccc1C(=O)N/N=C(\C)c1cc2cc(Br)ccc2[nH]1. The summed E-state index contributed by atoms with van der Waals surface area (Å²) in [6.07, 6.45) is 2.50. The molecular formula is C20H16BrN3O2. The average molecular weight is 410 g/mol. The zero-order valence-corrected chi connectivity index (χ0v) is 15.8. The molecule has 2 aromatic carbocycles. The fourth-order valence-corrected chi connectivity index (χ4v) is 2.78. The molecule has 0 spiro atoms. The minimum atomic E-state index is -0.364. The van der Waals surface area contributed by atoms with Crippen molar-refractivity contribution in [2.45, 2.75) is 13.8 Å². The maximum absolute atomic E-state index is 12.4. The van der Waals surface area contributed by atoms with E-state index < -0.39 is 0 Å². The molecule has 0 saturated heterocycles. The Hall–Kier alpha value is -3.04. The molecule has 0 atom stereocenters. The van der Waals surface area contributed by atoms with Crippen molar-refractivity contribution in [3.05, 3.63) is 64.3 Å². The van der Waals surface area contributed by atoms with Gasteiger partial charge < -0.3 is 9.72 Å². The molecule has 0 saturated carbocycles. The van der Waals surface area contributed by atoms with Gasteiger partial charge in [-0.25, -0.2) is 5.43 Å². The van der Waals surface area contributed by atoms with Gasteiger partial charge in [0, 0.05) is 22.3 Å². The van der Waals surface area contributed by atoms with Gasteiger partial charge in [0.25, 0.3) is 5.91 Å². The zero-order valence-electron chi connectivity index (χ0n) is 14.3. The Balaban J connectivity index is 1.79. The molecule has 0 aliphatic carbocycles. The zero-order chi connectivity index (χ0) is 18.5. The number of carbonyl (C=O) groups excluding carboxylic acids is 1. The first kappa shape index (κ1) is 17.8. The van der Waals surface area contributed by atoms with E-state index >= 15 is 0 Å². The summed E-state index contributed by atoms with van der Waals surface area (Å²) in [4.78, 5) is 15.7. The van der Waals surface area contributed by atoms with Crippen LogP contribution in [-0.4, -0.2) is 16.6 Å². The molecular weight excluding hydrogens is 394 g/mol. The predicted octanol–water partition coefficient (Wildman–Crippen LogP) is 4.44. The summed E-state index contributed by atoms with van der Waals surface area (Å²) < 4.78 is 6.27. The Morgan fingerprint density at radius 3 is 2.85 bits per heavy atom. The molecule has 130 valence electrons. The van der Waals surface area contributed by atoms with Crippen molar-refractivity contribution >= 4 is 38.5 Å². The molecule has 6 heteroatoms.